The monoisotopic (exact) mass is 283 g/mol. The van der Waals surface area contributed by atoms with E-state index in [4.69, 9.17) is 4.42 Å². The summed E-state index contributed by atoms with van der Waals surface area (Å²) in [5.74, 6) is 1.71. The van der Waals surface area contributed by atoms with E-state index in [1.807, 2.05) is 26.0 Å². The first-order chi connectivity index (χ1) is 10.1. The van der Waals surface area contributed by atoms with Crippen LogP contribution in [-0.4, -0.2) is 14.6 Å². The molecule has 0 bridgehead atoms. The number of H-pyrrole nitrogens is 1. The molecule has 0 amide bonds. The van der Waals surface area contributed by atoms with Gasteiger partial charge in [0.15, 0.2) is 5.65 Å². The number of hydrogen-bond acceptors (Lipinski definition) is 3. The van der Waals surface area contributed by atoms with Crippen LogP contribution < -0.4 is 5.56 Å². The molecule has 21 heavy (non-hydrogen) atoms. The number of furan rings is 1. The van der Waals surface area contributed by atoms with Crippen LogP contribution in [0.1, 0.15) is 35.6 Å². The van der Waals surface area contributed by atoms with Gasteiger partial charge in [-0.2, -0.15) is 0 Å². The highest BCUT2D eigenvalue weighted by Crippen LogP contribution is 2.26. The van der Waals surface area contributed by atoms with E-state index in [2.05, 4.69) is 10.1 Å². The molecule has 0 atom stereocenters. The summed E-state index contributed by atoms with van der Waals surface area (Å²) in [6, 6.07) is 3.90. The maximum atomic E-state index is 12.6. The number of nitrogens with zero attached hydrogens (tertiary/aromatic N) is 2. The second-order valence-corrected chi connectivity index (χ2v) is 5.74. The predicted octanol–water partition coefficient (Wildman–Crippen LogP) is 2.78. The fourth-order valence-electron chi connectivity index (χ4n) is 3.19. The van der Waals surface area contributed by atoms with Crippen molar-refractivity contribution in [2.45, 2.75) is 39.5 Å². The van der Waals surface area contributed by atoms with E-state index >= 15 is 0 Å². The summed E-state index contributed by atoms with van der Waals surface area (Å²) in [5.41, 5.74) is 4.42. The SMILES string of the molecule is Cc1cc(-c2cc3nc4c(c(=O)n3[nH]2)CCCC4)c(C)o1. The van der Waals surface area contributed by atoms with Gasteiger partial charge in [-0.25, -0.2) is 9.50 Å². The van der Waals surface area contributed by atoms with Crippen LogP contribution in [0.4, 0.5) is 0 Å². The molecular weight excluding hydrogens is 266 g/mol. The van der Waals surface area contributed by atoms with Crippen molar-refractivity contribution in [2.24, 2.45) is 0 Å². The van der Waals surface area contributed by atoms with E-state index in [1.165, 1.54) is 0 Å². The largest absolute Gasteiger partial charge is 0.466 e. The van der Waals surface area contributed by atoms with Crippen LogP contribution in [0.25, 0.3) is 16.9 Å². The van der Waals surface area contributed by atoms with Crippen LogP contribution in [0.15, 0.2) is 21.3 Å². The minimum absolute atomic E-state index is 0.0406. The maximum Gasteiger partial charge on any atom is 0.276 e. The minimum atomic E-state index is 0.0406. The Bertz CT molecular complexity index is 898. The van der Waals surface area contributed by atoms with Gasteiger partial charge < -0.3 is 4.42 Å². The van der Waals surface area contributed by atoms with Gasteiger partial charge in [0.1, 0.15) is 11.5 Å². The molecule has 0 aromatic carbocycles. The molecule has 0 radical (unpaired) electrons. The summed E-state index contributed by atoms with van der Waals surface area (Å²) in [6.07, 6.45) is 3.93. The van der Waals surface area contributed by atoms with E-state index in [0.29, 0.717) is 5.65 Å². The number of aromatic nitrogens is 3. The highest BCUT2D eigenvalue weighted by Gasteiger charge is 2.18. The Kier molecular flexibility index (Phi) is 2.58. The zero-order valence-electron chi connectivity index (χ0n) is 12.2. The van der Waals surface area contributed by atoms with Crippen LogP contribution in [-0.2, 0) is 12.8 Å². The number of hydrogen-bond donors (Lipinski definition) is 1. The van der Waals surface area contributed by atoms with Crippen LogP contribution in [0.3, 0.4) is 0 Å². The summed E-state index contributed by atoms with van der Waals surface area (Å²) in [6.45, 7) is 3.84. The van der Waals surface area contributed by atoms with E-state index < -0.39 is 0 Å². The topological polar surface area (TPSA) is 63.3 Å². The smallest absolute Gasteiger partial charge is 0.276 e. The first-order valence-corrected chi connectivity index (χ1v) is 7.34. The predicted molar refractivity (Wildman–Crippen MR) is 79.6 cm³/mol. The standard InChI is InChI=1S/C16H17N3O2/c1-9-7-12(10(2)21-9)14-8-15-17-13-6-4-3-5-11(13)16(20)19(15)18-14/h7-8,18H,3-6H2,1-2H3. The third kappa shape index (κ3) is 1.84. The molecule has 0 saturated carbocycles. The van der Waals surface area contributed by atoms with Crippen molar-refractivity contribution in [2.75, 3.05) is 0 Å². The molecule has 3 aromatic heterocycles. The van der Waals surface area contributed by atoms with E-state index in [-0.39, 0.29) is 5.56 Å². The summed E-state index contributed by atoms with van der Waals surface area (Å²) < 4.78 is 7.12. The highest BCUT2D eigenvalue weighted by molar-refractivity contribution is 5.66. The van der Waals surface area contributed by atoms with Crippen molar-refractivity contribution >= 4 is 5.65 Å². The molecule has 5 heteroatoms. The van der Waals surface area contributed by atoms with Gasteiger partial charge >= 0.3 is 0 Å². The van der Waals surface area contributed by atoms with Crippen molar-refractivity contribution in [1.82, 2.24) is 14.6 Å². The van der Waals surface area contributed by atoms with Gasteiger partial charge in [-0.3, -0.25) is 9.89 Å². The first-order valence-electron chi connectivity index (χ1n) is 7.34. The molecule has 0 spiro atoms. The van der Waals surface area contributed by atoms with Crippen LogP contribution in [0.5, 0.6) is 0 Å². The lowest BCUT2D eigenvalue weighted by Gasteiger charge is -2.13. The van der Waals surface area contributed by atoms with Crippen LogP contribution in [0.2, 0.25) is 0 Å². The van der Waals surface area contributed by atoms with E-state index in [1.54, 1.807) is 4.52 Å². The van der Waals surface area contributed by atoms with Gasteiger partial charge in [0.05, 0.1) is 11.4 Å². The summed E-state index contributed by atoms with van der Waals surface area (Å²) in [4.78, 5) is 17.2. The van der Waals surface area contributed by atoms with Crippen molar-refractivity contribution in [3.8, 4) is 11.3 Å². The van der Waals surface area contributed by atoms with Crippen molar-refractivity contribution < 1.29 is 4.42 Å². The number of fused-ring (bicyclic) bond motifs is 2. The lowest BCUT2D eigenvalue weighted by Crippen LogP contribution is -2.24. The molecule has 3 heterocycles. The molecule has 1 N–H and O–H groups in total. The fourth-order valence-corrected chi connectivity index (χ4v) is 3.19. The average molecular weight is 283 g/mol. The Morgan fingerprint density at radius 1 is 1.24 bits per heavy atom. The van der Waals surface area contributed by atoms with Gasteiger partial charge in [-0.15, -0.1) is 0 Å². The summed E-state index contributed by atoms with van der Waals surface area (Å²) >= 11 is 0. The number of rotatable bonds is 1. The third-order valence-electron chi connectivity index (χ3n) is 4.22. The Morgan fingerprint density at radius 3 is 2.81 bits per heavy atom. The van der Waals surface area contributed by atoms with Crippen molar-refractivity contribution in [3.63, 3.8) is 0 Å². The molecule has 0 saturated heterocycles. The van der Waals surface area contributed by atoms with Gasteiger partial charge in [0, 0.05) is 17.2 Å². The zero-order valence-corrected chi connectivity index (χ0v) is 12.2. The van der Waals surface area contributed by atoms with Gasteiger partial charge in [-0.05, 0) is 45.6 Å². The van der Waals surface area contributed by atoms with Crippen molar-refractivity contribution in [1.29, 1.82) is 0 Å². The Balaban J connectivity index is 1.96. The molecule has 5 nitrogen and oxygen atoms in total. The molecule has 0 unspecified atom stereocenters. The molecule has 1 aliphatic carbocycles. The normalized spacial score (nSPS) is 14.6. The molecular formula is C16H17N3O2. The fraction of sp³-hybridized carbons (Fsp3) is 0.375. The van der Waals surface area contributed by atoms with E-state index in [0.717, 1.165) is 59.7 Å². The molecule has 0 fully saturated rings. The Morgan fingerprint density at radius 2 is 2.05 bits per heavy atom. The lowest BCUT2D eigenvalue weighted by atomic mass is 9.97. The van der Waals surface area contributed by atoms with Gasteiger partial charge in [0.2, 0.25) is 0 Å². The lowest BCUT2D eigenvalue weighted by molar-refractivity contribution is 0.505. The Hall–Kier alpha value is -2.30. The van der Waals surface area contributed by atoms with E-state index in [9.17, 15) is 4.79 Å². The Labute approximate surface area is 121 Å². The summed E-state index contributed by atoms with van der Waals surface area (Å²) in [7, 11) is 0. The molecule has 1 aliphatic rings. The maximum absolute atomic E-state index is 12.6. The molecule has 3 aromatic rings. The van der Waals surface area contributed by atoms with Crippen molar-refractivity contribution in [3.05, 3.63) is 45.3 Å². The van der Waals surface area contributed by atoms with Gasteiger partial charge in [-0.1, -0.05) is 0 Å². The number of aromatic amines is 1. The molecule has 4 rings (SSSR count). The second-order valence-electron chi connectivity index (χ2n) is 5.74. The number of nitrogens with one attached hydrogen (secondary N) is 1. The first kappa shape index (κ1) is 12.4. The van der Waals surface area contributed by atoms with Gasteiger partial charge in [0.25, 0.3) is 5.56 Å². The molecule has 0 aliphatic heterocycles. The quantitative estimate of drug-likeness (QED) is 0.747. The zero-order chi connectivity index (χ0) is 14.6. The highest BCUT2D eigenvalue weighted by atomic mass is 16.3. The summed E-state index contributed by atoms with van der Waals surface area (Å²) in [5, 5.41) is 3.17. The van der Waals surface area contributed by atoms with Crippen LogP contribution in [0, 0.1) is 13.8 Å². The minimum Gasteiger partial charge on any atom is -0.466 e. The second kappa shape index (κ2) is 4.35. The third-order valence-corrected chi connectivity index (χ3v) is 4.22. The van der Waals surface area contributed by atoms with Crippen LogP contribution >= 0.6 is 0 Å². The number of aryl methyl sites for hydroxylation is 3. The average Bonchev–Trinajstić information content (AvgIpc) is 3.02. The molecule has 108 valence electrons.